The Labute approximate surface area is 135 Å². The van der Waals surface area contributed by atoms with E-state index in [-0.39, 0.29) is 18.5 Å². The molecule has 0 aliphatic rings. The first kappa shape index (κ1) is 16.8. The van der Waals surface area contributed by atoms with Crippen LogP contribution in [-0.2, 0) is 0 Å². The third-order valence-corrected chi connectivity index (χ3v) is 3.32. The molecule has 0 saturated carbocycles. The summed E-state index contributed by atoms with van der Waals surface area (Å²) in [5.74, 6) is 0.105. The summed E-state index contributed by atoms with van der Waals surface area (Å²) in [6, 6.07) is 13.5. The molecule has 0 saturated heterocycles. The van der Waals surface area contributed by atoms with Gasteiger partial charge in [-0.05, 0) is 43.7 Å². The number of nitrogens with zero attached hydrogens (tertiary/aromatic N) is 1. The van der Waals surface area contributed by atoms with Gasteiger partial charge < -0.3 is 10.1 Å². The van der Waals surface area contributed by atoms with Crippen molar-refractivity contribution >= 4 is 11.7 Å². The minimum atomic E-state index is -0.344. The molecule has 0 atom stereocenters. The zero-order valence-corrected chi connectivity index (χ0v) is 13.4. The lowest BCUT2D eigenvalue weighted by atomic mass is 10.2. The van der Waals surface area contributed by atoms with E-state index in [2.05, 4.69) is 5.32 Å². The molecule has 23 heavy (non-hydrogen) atoms. The second-order valence-electron chi connectivity index (χ2n) is 5.12. The molecule has 0 aromatic heterocycles. The number of hydrogen-bond acceptors (Lipinski definition) is 2. The maximum Gasteiger partial charge on any atom is 0.321 e. The van der Waals surface area contributed by atoms with E-state index in [9.17, 15) is 9.18 Å². The van der Waals surface area contributed by atoms with E-state index in [0.29, 0.717) is 18.8 Å². The van der Waals surface area contributed by atoms with Gasteiger partial charge in [0, 0.05) is 18.3 Å². The van der Waals surface area contributed by atoms with E-state index in [1.165, 1.54) is 12.1 Å². The fraction of sp³-hybridized carbons (Fsp3) is 0.278. The topological polar surface area (TPSA) is 41.6 Å². The van der Waals surface area contributed by atoms with E-state index in [1.54, 1.807) is 17.0 Å². The summed E-state index contributed by atoms with van der Waals surface area (Å²) in [6.07, 6.45) is 0. The van der Waals surface area contributed by atoms with Crippen molar-refractivity contribution in [3.05, 3.63) is 59.9 Å². The minimum absolute atomic E-state index is 0.180. The Bertz CT molecular complexity index is 661. The maximum atomic E-state index is 13.0. The fourth-order valence-corrected chi connectivity index (χ4v) is 2.22. The molecule has 0 spiro atoms. The highest BCUT2D eigenvalue weighted by atomic mass is 19.1. The number of ether oxygens (including phenoxy) is 1. The first-order valence-corrected chi connectivity index (χ1v) is 7.60. The number of urea groups is 1. The molecule has 0 bridgehead atoms. The highest BCUT2D eigenvalue weighted by Crippen LogP contribution is 2.15. The number of rotatable bonds is 6. The monoisotopic (exact) mass is 316 g/mol. The average Bonchev–Trinajstić information content (AvgIpc) is 2.52. The Kier molecular flexibility index (Phi) is 5.97. The van der Waals surface area contributed by atoms with Gasteiger partial charge in [0.15, 0.2) is 0 Å². The van der Waals surface area contributed by atoms with Gasteiger partial charge in [-0.3, -0.25) is 4.90 Å². The van der Waals surface area contributed by atoms with Crippen molar-refractivity contribution in [3.8, 4) is 5.75 Å². The number of benzene rings is 2. The minimum Gasteiger partial charge on any atom is -0.492 e. The summed E-state index contributed by atoms with van der Waals surface area (Å²) in [6.45, 7) is 5.10. The number of amides is 2. The third kappa shape index (κ3) is 4.98. The smallest absolute Gasteiger partial charge is 0.321 e. The zero-order chi connectivity index (χ0) is 16.7. The van der Waals surface area contributed by atoms with E-state index in [1.807, 2.05) is 38.1 Å². The van der Waals surface area contributed by atoms with Crippen LogP contribution in [-0.4, -0.2) is 25.7 Å². The van der Waals surface area contributed by atoms with Crippen LogP contribution in [0.1, 0.15) is 12.5 Å². The maximum absolute atomic E-state index is 13.0. The number of halogens is 1. The molecule has 0 heterocycles. The van der Waals surface area contributed by atoms with Crippen LogP contribution in [0.4, 0.5) is 14.9 Å². The lowest BCUT2D eigenvalue weighted by molar-refractivity contribution is 0.242. The summed E-state index contributed by atoms with van der Waals surface area (Å²) < 4.78 is 18.4. The number of aryl methyl sites for hydroxylation is 1. The van der Waals surface area contributed by atoms with E-state index >= 15 is 0 Å². The van der Waals surface area contributed by atoms with Gasteiger partial charge in [-0.25, -0.2) is 9.18 Å². The number of anilines is 1. The Morgan fingerprint density at radius 2 is 2.00 bits per heavy atom. The predicted molar refractivity (Wildman–Crippen MR) is 89.5 cm³/mol. The van der Waals surface area contributed by atoms with Gasteiger partial charge in [0.1, 0.15) is 18.2 Å². The van der Waals surface area contributed by atoms with Crippen molar-refractivity contribution in [2.24, 2.45) is 0 Å². The quantitative estimate of drug-likeness (QED) is 0.825. The SMILES string of the molecule is CCN(C(=O)NCCOc1cccc(F)c1)c1cccc(C)c1. The lowest BCUT2D eigenvalue weighted by Crippen LogP contribution is -2.41. The van der Waals surface area contributed by atoms with E-state index < -0.39 is 0 Å². The molecule has 5 heteroatoms. The average molecular weight is 316 g/mol. The first-order valence-electron chi connectivity index (χ1n) is 7.60. The van der Waals surface area contributed by atoms with Crippen LogP contribution in [0.25, 0.3) is 0 Å². The highest BCUT2D eigenvalue weighted by molar-refractivity contribution is 5.91. The Hall–Kier alpha value is -2.56. The summed E-state index contributed by atoms with van der Waals surface area (Å²) in [5, 5.41) is 2.80. The molecule has 0 fully saturated rings. The largest absolute Gasteiger partial charge is 0.492 e. The second-order valence-corrected chi connectivity index (χ2v) is 5.12. The van der Waals surface area contributed by atoms with Crippen LogP contribution >= 0.6 is 0 Å². The highest BCUT2D eigenvalue weighted by Gasteiger charge is 2.13. The third-order valence-electron chi connectivity index (χ3n) is 3.32. The van der Waals surface area contributed by atoms with Crippen molar-refractivity contribution in [1.82, 2.24) is 5.32 Å². The van der Waals surface area contributed by atoms with Crippen molar-refractivity contribution in [1.29, 1.82) is 0 Å². The predicted octanol–water partition coefficient (Wildman–Crippen LogP) is 3.75. The van der Waals surface area contributed by atoms with Crippen LogP contribution in [0.5, 0.6) is 5.75 Å². The zero-order valence-electron chi connectivity index (χ0n) is 13.4. The number of carbonyl (C=O) groups is 1. The summed E-state index contributed by atoms with van der Waals surface area (Å²) in [5.41, 5.74) is 1.96. The number of nitrogens with one attached hydrogen (secondary N) is 1. The van der Waals surface area contributed by atoms with Crippen molar-refractivity contribution in [2.75, 3.05) is 24.6 Å². The molecule has 2 aromatic rings. The van der Waals surface area contributed by atoms with Gasteiger partial charge in [0.05, 0.1) is 6.54 Å². The fourth-order valence-electron chi connectivity index (χ4n) is 2.22. The Morgan fingerprint density at radius 3 is 2.70 bits per heavy atom. The normalized spacial score (nSPS) is 10.2. The summed E-state index contributed by atoms with van der Waals surface area (Å²) >= 11 is 0. The van der Waals surface area contributed by atoms with Crippen LogP contribution in [0, 0.1) is 12.7 Å². The molecule has 0 aliphatic carbocycles. The van der Waals surface area contributed by atoms with Gasteiger partial charge in [0.2, 0.25) is 0 Å². The van der Waals surface area contributed by atoms with Crippen LogP contribution in [0.2, 0.25) is 0 Å². The van der Waals surface area contributed by atoms with Crippen molar-refractivity contribution in [3.63, 3.8) is 0 Å². The molecule has 2 rings (SSSR count). The molecule has 0 unspecified atom stereocenters. The molecule has 0 aliphatic heterocycles. The molecular formula is C18H21FN2O2. The van der Waals surface area contributed by atoms with E-state index in [0.717, 1.165) is 11.3 Å². The number of carbonyl (C=O) groups excluding carboxylic acids is 1. The molecule has 1 N–H and O–H groups in total. The van der Waals surface area contributed by atoms with Crippen molar-refractivity contribution < 1.29 is 13.9 Å². The van der Waals surface area contributed by atoms with Crippen molar-refractivity contribution in [2.45, 2.75) is 13.8 Å². The molecule has 2 amide bonds. The van der Waals surface area contributed by atoms with Gasteiger partial charge in [-0.1, -0.05) is 18.2 Å². The molecular weight excluding hydrogens is 295 g/mol. The molecule has 0 radical (unpaired) electrons. The van der Waals surface area contributed by atoms with Crippen LogP contribution in [0.3, 0.4) is 0 Å². The summed E-state index contributed by atoms with van der Waals surface area (Å²) in [7, 11) is 0. The van der Waals surface area contributed by atoms with Gasteiger partial charge in [-0.15, -0.1) is 0 Å². The Morgan fingerprint density at radius 1 is 1.22 bits per heavy atom. The molecule has 2 aromatic carbocycles. The first-order chi connectivity index (χ1) is 11.1. The van der Waals surface area contributed by atoms with E-state index in [4.69, 9.17) is 4.74 Å². The molecule has 122 valence electrons. The molecule has 4 nitrogen and oxygen atoms in total. The Balaban J connectivity index is 1.83. The van der Waals surface area contributed by atoms with Crippen LogP contribution < -0.4 is 15.0 Å². The summed E-state index contributed by atoms with van der Waals surface area (Å²) in [4.78, 5) is 13.9. The van der Waals surface area contributed by atoms with Gasteiger partial charge in [0.25, 0.3) is 0 Å². The van der Waals surface area contributed by atoms with Gasteiger partial charge >= 0.3 is 6.03 Å². The number of hydrogen-bond donors (Lipinski definition) is 1. The van der Waals surface area contributed by atoms with Gasteiger partial charge in [-0.2, -0.15) is 0 Å². The second kappa shape index (κ2) is 8.17. The van der Waals surface area contributed by atoms with Crippen LogP contribution in [0.15, 0.2) is 48.5 Å². The lowest BCUT2D eigenvalue weighted by Gasteiger charge is -2.22. The standard InChI is InChI=1S/C18H21FN2O2/c1-3-21(16-8-4-6-14(2)12-16)18(22)20-10-11-23-17-9-5-7-15(19)13-17/h4-9,12-13H,3,10-11H2,1-2H3,(H,20,22).